The molecule has 0 fully saturated rings. The van der Waals surface area contributed by atoms with E-state index in [0.29, 0.717) is 0 Å². The predicted molar refractivity (Wildman–Crippen MR) is 413 cm³/mol. The fourth-order valence-electron chi connectivity index (χ4n) is 8.66. The van der Waals surface area contributed by atoms with Gasteiger partial charge in [-0.15, -0.1) is 63.1 Å². The molecule has 0 nitrogen and oxygen atoms in total. The van der Waals surface area contributed by atoms with Gasteiger partial charge in [0.15, 0.2) is 0 Å². The van der Waals surface area contributed by atoms with Crippen LogP contribution in [0.15, 0.2) is 267 Å². The first kappa shape index (κ1) is 84.4. The minimum absolute atomic E-state index is 0. The number of halogens is 5. The minimum Gasteiger partial charge on any atom is -0.269 e. The predicted octanol–water partition coefficient (Wildman–Crippen LogP) is 22.4. The molecule has 0 saturated carbocycles. The second-order valence-electron chi connectivity index (χ2n) is 21.2. The molecule has 0 unspecified atom stereocenters. The van der Waals surface area contributed by atoms with Crippen LogP contribution in [-0.2, 0) is 32.1 Å². The fraction of sp³-hybridized carbons (Fsp3) is 0.176. The van der Waals surface area contributed by atoms with E-state index in [9.17, 15) is 0 Å². The summed E-state index contributed by atoms with van der Waals surface area (Å²) in [5.41, 5.74) is 17.3. The van der Waals surface area contributed by atoms with Gasteiger partial charge >= 0.3 is 0 Å². The highest BCUT2D eigenvalue weighted by Crippen LogP contribution is 2.15. The molecule has 0 aliphatic carbocycles. The van der Waals surface area contributed by atoms with Crippen molar-refractivity contribution < 1.29 is 23.5 Å². The maximum atomic E-state index is 4.25. The topological polar surface area (TPSA) is 0 Å². The molecule has 0 radical (unpaired) electrons. The first-order valence-electron chi connectivity index (χ1n) is 30.9. The molecule has 10 rings (SSSR count). The van der Waals surface area contributed by atoms with Crippen LogP contribution in [0.4, 0.5) is 23.5 Å². The highest BCUT2D eigenvalue weighted by molar-refractivity contribution is 7.81. The van der Waals surface area contributed by atoms with E-state index in [0.717, 1.165) is 112 Å². The second-order valence-corrected chi connectivity index (χ2v) is 23.8. The van der Waals surface area contributed by atoms with E-state index in [2.05, 4.69) is 278 Å². The third kappa shape index (κ3) is 34.4. The van der Waals surface area contributed by atoms with E-state index in [1.165, 1.54) is 59.9 Å². The van der Waals surface area contributed by atoms with Gasteiger partial charge in [0, 0.05) is 80.1 Å². The molecule has 0 aliphatic rings. The largest absolute Gasteiger partial charge is 0.269 e. The Morgan fingerprint density at radius 3 is 0.358 bits per heavy atom. The lowest BCUT2D eigenvalue weighted by Crippen LogP contribution is -1.83. The van der Waals surface area contributed by atoms with Gasteiger partial charge in [0.1, 0.15) is 0 Å². The third-order valence-corrected chi connectivity index (χ3v) is 15.0. The van der Waals surface area contributed by atoms with Crippen molar-refractivity contribution in [1.29, 1.82) is 0 Å². The zero-order chi connectivity index (χ0) is 64.0. The molecule has 10 aromatic carbocycles. The van der Waals surface area contributed by atoms with E-state index in [4.69, 9.17) is 0 Å². The monoisotopic (exact) mass is 1360 g/mol. The number of aryl methyl sites for hydroxylation is 5. The standard InChI is InChI=1S/5C17H16S.5FH/c5*1-2-3-14-4-6-15(7-5-14)8-9-16-10-12-17(18)13-11-16;;;;;/h5*4-7,10-13,18H,2-3H2,1H3;5*1H. The molecule has 0 atom stereocenters. The van der Waals surface area contributed by atoms with Crippen molar-refractivity contribution in [3.63, 3.8) is 0 Å². The molecular formula is C85H85F5S5. The Labute approximate surface area is 591 Å². The van der Waals surface area contributed by atoms with Crippen molar-refractivity contribution in [1.82, 2.24) is 0 Å². The molecule has 10 aromatic rings. The summed E-state index contributed by atoms with van der Waals surface area (Å²) >= 11 is 21.3. The van der Waals surface area contributed by atoms with E-state index < -0.39 is 0 Å². The molecule has 95 heavy (non-hydrogen) atoms. The SMILES string of the molecule is CCCc1ccc(C#Cc2ccc(S)cc2)cc1.CCCc1ccc(C#Cc2ccc(S)cc2)cc1.CCCc1ccc(C#Cc2ccc(S)cc2)cc1.CCCc1ccc(C#Cc2ccc(S)cc2)cc1.CCCc1ccc(C#Cc2ccc(S)cc2)cc1.F.F.F.F.F. The maximum absolute atomic E-state index is 4.25. The lowest BCUT2D eigenvalue weighted by Gasteiger charge is -1.97. The summed E-state index contributed by atoms with van der Waals surface area (Å²) < 4.78 is 0. The lowest BCUT2D eigenvalue weighted by molar-refractivity contribution is 0.922. The zero-order valence-electron chi connectivity index (χ0n) is 54.4. The maximum Gasteiger partial charge on any atom is 0.0249 e. The number of rotatable bonds is 10. The highest BCUT2D eigenvalue weighted by atomic mass is 32.1. The van der Waals surface area contributed by atoms with Gasteiger partial charge in [-0.3, -0.25) is 23.5 Å². The van der Waals surface area contributed by atoms with Crippen LogP contribution in [0.3, 0.4) is 0 Å². The summed E-state index contributed by atoms with van der Waals surface area (Å²) in [4.78, 5) is 4.81. The molecule has 0 heterocycles. The van der Waals surface area contributed by atoms with Crippen LogP contribution in [0, 0.1) is 59.2 Å². The zero-order valence-corrected chi connectivity index (χ0v) is 58.9. The molecule has 490 valence electrons. The number of thiol groups is 5. The van der Waals surface area contributed by atoms with Gasteiger partial charge < -0.3 is 0 Å². The number of hydrogen-bond donors (Lipinski definition) is 5. The Bertz CT molecular complexity index is 3430. The van der Waals surface area contributed by atoms with Crippen LogP contribution in [0.1, 0.15) is 150 Å². The molecular weight excluding hydrogens is 1280 g/mol. The van der Waals surface area contributed by atoms with Gasteiger partial charge in [-0.2, -0.15) is 0 Å². The Morgan fingerprint density at radius 1 is 0.168 bits per heavy atom. The summed E-state index contributed by atoms with van der Waals surface area (Å²) in [6.07, 6.45) is 11.6. The van der Waals surface area contributed by atoms with Crippen LogP contribution in [0.25, 0.3) is 0 Å². The van der Waals surface area contributed by atoms with Gasteiger partial charge in [0.25, 0.3) is 0 Å². The molecule has 0 N–H and O–H groups in total. The van der Waals surface area contributed by atoms with Crippen LogP contribution >= 0.6 is 63.1 Å². The third-order valence-electron chi connectivity index (χ3n) is 13.6. The van der Waals surface area contributed by atoms with Crippen LogP contribution in [-0.4, -0.2) is 0 Å². The van der Waals surface area contributed by atoms with Crippen molar-refractivity contribution >= 4 is 63.1 Å². The lowest BCUT2D eigenvalue weighted by atomic mass is 10.1. The Hall–Kier alpha value is -8.60. The molecule has 0 spiro atoms. The molecule has 10 heteroatoms. The summed E-state index contributed by atoms with van der Waals surface area (Å²) in [5, 5.41) is 0. The first-order valence-corrected chi connectivity index (χ1v) is 33.1. The highest BCUT2D eigenvalue weighted by Gasteiger charge is 1.98. The molecule has 0 aliphatic heterocycles. The average Bonchev–Trinajstić information content (AvgIpc) is 3.77. The quantitative estimate of drug-likeness (QED) is 0.0503. The summed E-state index contributed by atoms with van der Waals surface area (Å²) in [6, 6.07) is 81.9. The van der Waals surface area contributed by atoms with Crippen molar-refractivity contribution in [3.8, 4) is 59.2 Å². The van der Waals surface area contributed by atoms with Crippen molar-refractivity contribution in [3.05, 3.63) is 326 Å². The normalized spacial score (nSPS) is 9.16. The molecule has 0 saturated heterocycles. The van der Waals surface area contributed by atoms with Gasteiger partial charge in [0.05, 0.1) is 0 Å². The average molecular weight is 1360 g/mol. The van der Waals surface area contributed by atoms with Crippen molar-refractivity contribution in [2.45, 2.75) is 123 Å². The van der Waals surface area contributed by atoms with Gasteiger partial charge in [-0.25, -0.2) is 0 Å². The fourth-order valence-corrected chi connectivity index (χ4v) is 9.41. The molecule has 0 amide bonds. The number of benzene rings is 10. The summed E-state index contributed by atoms with van der Waals surface area (Å²) in [6.45, 7) is 11.0. The Kier molecular flexibility index (Phi) is 43.6. The van der Waals surface area contributed by atoms with E-state index in [1.54, 1.807) is 0 Å². The van der Waals surface area contributed by atoms with Gasteiger partial charge in [-0.1, -0.05) is 187 Å². The van der Waals surface area contributed by atoms with Crippen LogP contribution in [0.5, 0.6) is 0 Å². The first-order chi connectivity index (χ1) is 43.9. The Balaban J connectivity index is 0.000000586. The summed E-state index contributed by atoms with van der Waals surface area (Å²) in [5.74, 6) is 31.7. The van der Waals surface area contributed by atoms with Gasteiger partial charge in [-0.05, 0) is 242 Å². The smallest absolute Gasteiger partial charge is 0.0249 e. The number of hydrogen-bond acceptors (Lipinski definition) is 5. The Morgan fingerprint density at radius 2 is 0.263 bits per heavy atom. The molecule has 0 bridgehead atoms. The van der Waals surface area contributed by atoms with Crippen molar-refractivity contribution in [2.24, 2.45) is 0 Å². The van der Waals surface area contributed by atoms with E-state index >= 15 is 0 Å². The second kappa shape index (κ2) is 49.0. The van der Waals surface area contributed by atoms with Gasteiger partial charge in [0.2, 0.25) is 0 Å². The van der Waals surface area contributed by atoms with E-state index in [1.807, 2.05) is 121 Å². The van der Waals surface area contributed by atoms with Crippen molar-refractivity contribution in [2.75, 3.05) is 0 Å². The van der Waals surface area contributed by atoms with Crippen LogP contribution < -0.4 is 0 Å². The summed E-state index contributed by atoms with van der Waals surface area (Å²) in [7, 11) is 0. The van der Waals surface area contributed by atoms with E-state index in [-0.39, 0.29) is 23.5 Å². The molecule has 0 aromatic heterocycles. The minimum atomic E-state index is 0. The van der Waals surface area contributed by atoms with Crippen LogP contribution in [0.2, 0.25) is 0 Å².